The maximum atomic E-state index is 12.2. The number of hydrogen-bond acceptors (Lipinski definition) is 6. The lowest BCUT2D eigenvalue weighted by atomic mass is 10.1. The number of aryl methyl sites for hydroxylation is 2. The first kappa shape index (κ1) is 24.1. The van der Waals surface area contributed by atoms with Crippen LogP contribution in [0.15, 0.2) is 82.6 Å². The molecule has 0 aliphatic rings. The minimum absolute atomic E-state index is 0.0352. The van der Waals surface area contributed by atoms with Crippen LogP contribution in [-0.2, 0) is 41.4 Å². The lowest BCUT2D eigenvalue weighted by Gasteiger charge is -2.08. The molecule has 0 bridgehead atoms. The van der Waals surface area contributed by atoms with E-state index >= 15 is 0 Å². The fraction of sp³-hybridized carbons (Fsp3) is 0.250. The second-order valence-electron chi connectivity index (χ2n) is 7.49. The highest BCUT2D eigenvalue weighted by atomic mass is 32.2. The molecule has 0 spiro atoms. The van der Waals surface area contributed by atoms with Crippen molar-refractivity contribution in [3.8, 4) is 0 Å². The van der Waals surface area contributed by atoms with Gasteiger partial charge < -0.3 is 0 Å². The molecule has 3 aromatic carbocycles. The predicted molar refractivity (Wildman–Crippen MR) is 122 cm³/mol. The third-order valence-electron chi connectivity index (χ3n) is 4.90. The lowest BCUT2D eigenvalue weighted by molar-refractivity contribution is 0.320. The summed E-state index contributed by atoms with van der Waals surface area (Å²) in [6.07, 6.45) is 0.868. The van der Waals surface area contributed by atoms with Gasteiger partial charge in [-0.3, -0.25) is 8.37 Å². The first-order valence-corrected chi connectivity index (χ1v) is 13.0. The molecule has 0 aliphatic heterocycles. The van der Waals surface area contributed by atoms with Crippen molar-refractivity contribution in [3.63, 3.8) is 0 Å². The van der Waals surface area contributed by atoms with E-state index in [1.807, 2.05) is 38.1 Å². The van der Waals surface area contributed by atoms with E-state index in [1.54, 1.807) is 24.3 Å². The molecule has 0 N–H and O–H groups in total. The molecule has 0 saturated carbocycles. The van der Waals surface area contributed by atoms with E-state index in [9.17, 15) is 16.8 Å². The van der Waals surface area contributed by atoms with Gasteiger partial charge in [0.1, 0.15) is 0 Å². The van der Waals surface area contributed by atoms with E-state index in [1.165, 1.54) is 24.3 Å². The van der Waals surface area contributed by atoms with Gasteiger partial charge in [0, 0.05) is 0 Å². The second-order valence-corrected chi connectivity index (χ2v) is 10.7. The molecule has 3 rings (SSSR count). The Morgan fingerprint density at radius 3 is 1.16 bits per heavy atom. The van der Waals surface area contributed by atoms with Gasteiger partial charge >= 0.3 is 0 Å². The van der Waals surface area contributed by atoms with Crippen molar-refractivity contribution >= 4 is 20.2 Å². The molecule has 0 saturated heterocycles. The van der Waals surface area contributed by atoms with Crippen molar-refractivity contribution in [1.29, 1.82) is 0 Å². The summed E-state index contributed by atoms with van der Waals surface area (Å²) < 4.78 is 59.1. The molecule has 0 heterocycles. The van der Waals surface area contributed by atoms with Crippen LogP contribution in [0.2, 0.25) is 0 Å². The van der Waals surface area contributed by atoms with Crippen molar-refractivity contribution < 1.29 is 25.2 Å². The van der Waals surface area contributed by atoms with Gasteiger partial charge in [0.05, 0.1) is 23.0 Å². The zero-order valence-corrected chi connectivity index (χ0v) is 19.7. The Balaban J connectivity index is 1.46. The molecule has 32 heavy (non-hydrogen) atoms. The summed E-state index contributed by atoms with van der Waals surface area (Å²) in [7, 11) is -7.56. The molecular formula is C24H26O6S2. The highest BCUT2D eigenvalue weighted by Crippen LogP contribution is 2.16. The van der Waals surface area contributed by atoms with Crippen molar-refractivity contribution in [3.05, 3.63) is 95.1 Å². The fourth-order valence-corrected chi connectivity index (χ4v) is 4.77. The molecule has 0 radical (unpaired) electrons. The molecule has 3 aromatic rings. The monoisotopic (exact) mass is 474 g/mol. The van der Waals surface area contributed by atoms with Crippen LogP contribution in [0.1, 0.15) is 22.3 Å². The first-order chi connectivity index (χ1) is 15.2. The molecule has 0 unspecified atom stereocenters. The van der Waals surface area contributed by atoms with Crippen LogP contribution in [0, 0.1) is 13.8 Å². The van der Waals surface area contributed by atoms with Gasteiger partial charge in [-0.1, -0.05) is 59.7 Å². The topological polar surface area (TPSA) is 86.7 Å². The molecule has 6 nitrogen and oxygen atoms in total. The molecule has 0 aromatic heterocycles. The largest absolute Gasteiger partial charge is 0.296 e. The lowest BCUT2D eigenvalue weighted by Crippen LogP contribution is -2.10. The average molecular weight is 475 g/mol. The summed E-state index contributed by atoms with van der Waals surface area (Å²) in [5, 5.41) is 0. The first-order valence-electron chi connectivity index (χ1n) is 10.2. The zero-order valence-electron chi connectivity index (χ0n) is 18.0. The Hall–Kier alpha value is -2.52. The van der Waals surface area contributed by atoms with Crippen LogP contribution in [0.5, 0.6) is 0 Å². The van der Waals surface area contributed by atoms with Crippen molar-refractivity contribution in [1.82, 2.24) is 0 Å². The van der Waals surface area contributed by atoms with Crippen molar-refractivity contribution in [2.24, 2.45) is 0 Å². The smallest absolute Gasteiger partial charge is 0.266 e. The summed E-state index contributed by atoms with van der Waals surface area (Å²) in [6, 6.07) is 20.5. The molecule has 170 valence electrons. The second kappa shape index (κ2) is 10.4. The molecule has 8 heteroatoms. The minimum atomic E-state index is -3.78. The SMILES string of the molecule is Cc1ccc(S(=O)(=O)OCCc2ccc(CCOS(=O)(=O)c3ccc(C)cc3)cc2)cc1. The van der Waals surface area contributed by atoms with Gasteiger partial charge in [-0.05, 0) is 62.1 Å². The molecule has 0 aliphatic carbocycles. The van der Waals surface area contributed by atoms with Gasteiger partial charge in [-0.15, -0.1) is 0 Å². The maximum Gasteiger partial charge on any atom is 0.296 e. The van der Waals surface area contributed by atoms with Crippen LogP contribution >= 0.6 is 0 Å². The normalized spacial score (nSPS) is 12.1. The third-order valence-corrected chi connectivity index (χ3v) is 7.55. The third kappa shape index (κ3) is 6.74. The van der Waals surface area contributed by atoms with Gasteiger partial charge in [-0.25, -0.2) is 0 Å². The highest BCUT2D eigenvalue weighted by molar-refractivity contribution is 7.87. The number of hydrogen-bond donors (Lipinski definition) is 0. The standard InChI is InChI=1S/C24H26O6S2/c1-19-3-11-23(12-4-19)31(25,26)29-17-15-21-7-9-22(10-8-21)16-18-30-32(27,28)24-13-5-20(2)6-14-24/h3-14H,15-18H2,1-2H3. The van der Waals surface area contributed by atoms with Gasteiger partial charge in [0.15, 0.2) is 0 Å². The highest BCUT2D eigenvalue weighted by Gasteiger charge is 2.15. The quantitative estimate of drug-likeness (QED) is 0.409. The Bertz CT molecular complexity index is 1130. The van der Waals surface area contributed by atoms with E-state index in [0.717, 1.165) is 22.3 Å². The Labute approximate surface area is 190 Å². The summed E-state index contributed by atoms with van der Waals surface area (Å²) in [5.74, 6) is 0. The van der Waals surface area contributed by atoms with Crippen LogP contribution < -0.4 is 0 Å². The van der Waals surface area contributed by atoms with E-state index < -0.39 is 20.2 Å². The minimum Gasteiger partial charge on any atom is -0.266 e. The van der Waals surface area contributed by atoms with Crippen LogP contribution in [-0.4, -0.2) is 30.0 Å². The van der Waals surface area contributed by atoms with Gasteiger partial charge in [0.2, 0.25) is 0 Å². The molecular weight excluding hydrogens is 448 g/mol. The summed E-state index contributed by atoms with van der Waals surface area (Å²) in [4.78, 5) is 0.276. The van der Waals surface area contributed by atoms with Crippen LogP contribution in [0.25, 0.3) is 0 Å². The zero-order chi connectivity index (χ0) is 23.2. The van der Waals surface area contributed by atoms with Crippen molar-refractivity contribution in [2.75, 3.05) is 13.2 Å². The summed E-state index contributed by atoms with van der Waals surface area (Å²) in [5.41, 5.74) is 3.78. The van der Waals surface area contributed by atoms with Gasteiger partial charge in [0.25, 0.3) is 20.2 Å². The summed E-state index contributed by atoms with van der Waals surface area (Å²) >= 11 is 0. The van der Waals surface area contributed by atoms with E-state index in [-0.39, 0.29) is 23.0 Å². The van der Waals surface area contributed by atoms with Crippen LogP contribution in [0.3, 0.4) is 0 Å². The average Bonchev–Trinajstić information content (AvgIpc) is 2.75. The molecule has 0 amide bonds. The Morgan fingerprint density at radius 1 is 0.531 bits per heavy atom. The summed E-state index contributed by atoms with van der Waals surface area (Å²) in [6.45, 7) is 3.84. The van der Waals surface area contributed by atoms with E-state index in [4.69, 9.17) is 8.37 Å². The number of rotatable bonds is 10. The molecule has 0 atom stereocenters. The number of benzene rings is 3. The van der Waals surface area contributed by atoms with E-state index in [2.05, 4.69) is 0 Å². The van der Waals surface area contributed by atoms with Gasteiger partial charge in [-0.2, -0.15) is 16.8 Å². The fourth-order valence-electron chi connectivity index (χ4n) is 2.96. The van der Waals surface area contributed by atoms with Crippen molar-refractivity contribution in [2.45, 2.75) is 36.5 Å². The van der Waals surface area contributed by atoms with Crippen LogP contribution in [0.4, 0.5) is 0 Å². The Morgan fingerprint density at radius 2 is 0.844 bits per heavy atom. The predicted octanol–water partition coefficient (Wildman–Crippen LogP) is 4.20. The molecule has 0 fully saturated rings. The Kier molecular flexibility index (Phi) is 7.84. The maximum absolute atomic E-state index is 12.2. The van der Waals surface area contributed by atoms with E-state index in [0.29, 0.717) is 12.8 Å².